The number of pyridine rings is 1. The van der Waals surface area contributed by atoms with E-state index in [1.807, 2.05) is 0 Å². The third-order valence-electron chi connectivity index (χ3n) is 4.00. The van der Waals surface area contributed by atoms with Gasteiger partial charge in [0.15, 0.2) is 23.5 Å². The number of carbonyl (C=O) groups is 2. The maximum absolute atomic E-state index is 12.0. The third kappa shape index (κ3) is 3.06. The van der Waals surface area contributed by atoms with Crippen LogP contribution in [-0.2, 0) is 17.8 Å². The van der Waals surface area contributed by atoms with Crippen LogP contribution in [0.4, 0.5) is 0 Å². The lowest BCUT2D eigenvalue weighted by molar-refractivity contribution is -0.139. The summed E-state index contributed by atoms with van der Waals surface area (Å²) in [5.41, 5.74) is 1.32. The van der Waals surface area contributed by atoms with Crippen molar-refractivity contribution in [2.24, 2.45) is 0 Å². The fraction of sp³-hybridized carbons (Fsp3) is 0.235. The van der Waals surface area contributed by atoms with E-state index in [0.29, 0.717) is 30.2 Å². The van der Waals surface area contributed by atoms with Gasteiger partial charge in [0.25, 0.3) is 0 Å². The number of carboxylic acids is 2. The first-order valence-electron chi connectivity index (χ1n) is 7.44. The number of fused-ring (bicyclic) bond motifs is 3. The van der Waals surface area contributed by atoms with Crippen molar-refractivity contribution in [3.05, 3.63) is 45.7 Å². The number of aliphatic carboxylic acids is 1. The Hall–Kier alpha value is -3.29. The molecule has 0 spiro atoms. The topological polar surface area (TPSA) is 115 Å². The number of hydrogen-bond donors (Lipinski definition) is 2. The van der Waals surface area contributed by atoms with Crippen LogP contribution in [0.15, 0.2) is 29.2 Å². The molecule has 0 aliphatic carbocycles. The first kappa shape index (κ1) is 16.6. The minimum atomic E-state index is -1.26. The van der Waals surface area contributed by atoms with Gasteiger partial charge in [-0.05, 0) is 24.1 Å². The van der Waals surface area contributed by atoms with Gasteiger partial charge in [-0.3, -0.25) is 4.79 Å². The molecule has 0 radical (unpaired) electrons. The number of hydrogen-bond acceptors (Lipinski definition) is 5. The predicted octanol–water partition coefficient (Wildman–Crippen LogP) is 1.24. The van der Waals surface area contributed by atoms with Crippen molar-refractivity contribution in [2.75, 3.05) is 13.7 Å². The summed E-state index contributed by atoms with van der Waals surface area (Å²) in [7, 11) is 1.43. The van der Waals surface area contributed by atoms with Crippen LogP contribution in [0.5, 0.6) is 11.5 Å². The second-order valence-corrected chi connectivity index (χ2v) is 5.53. The monoisotopic (exact) mass is 345 g/mol. The van der Waals surface area contributed by atoms with Crippen molar-refractivity contribution in [2.45, 2.75) is 13.0 Å². The summed E-state index contributed by atoms with van der Waals surface area (Å²) >= 11 is 0. The van der Waals surface area contributed by atoms with Crippen LogP contribution in [0.1, 0.15) is 15.9 Å². The molecule has 0 atom stereocenters. The Morgan fingerprint density at radius 3 is 2.60 bits per heavy atom. The summed E-state index contributed by atoms with van der Waals surface area (Å²) in [6.07, 6.45) is 1.92. The molecule has 1 aromatic carbocycles. The molecule has 0 fully saturated rings. The number of ether oxygens (including phenoxy) is 2. The highest BCUT2D eigenvalue weighted by molar-refractivity contribution is 5.87. The molecule has 0 amide bonds. The summed E-state index contributed by atoms with van der Waals surface area (Å²) in [6, 6.07) is 4.65. The normalized spacial score (nSPS) is 12.0. The van der Waals surface area contributed by atoms with Gasteiger partial charge in [0.2, 0.25) is 0 Å². The van der Waals surface area contributed by atoms with Crippen molar-refractivity contribution in [1.29, 1.82) is 0 Å². The molecule has 3 rings (SSSR count). The highest BCUT2D eigenvalue weighted by Crippen LogP contribution is 2.38. The molecule has 0 bridgehead atoms. The fourth-order valence-corrected chi connectivity index (χ4v) is 2.85. The average molecular weight is 345 g/mol. The molecule has 8 nitrogen and oxygen atoms in total. The Balaban J connectivity index is 2.10. The Morgan fingerprint density at radius 2 is 1.96 bits per heavy atom. The summed E-state index contributed by atoms with van der Waals surface area (Å²) in [6.45, 7) is 0.000750. The van der Waals surface area contributed by atoms with Gasteiger partial charge in [-0.25, -0.2) is 9.59 Å². The fourth-order valence-electron chi connectivity index (χ4n) is 2.85. The molecule has 0 unspecified atom stereocenters. The smallest absolute Gasteiger partial charge is 0.341 e. The van der Waals surface area contributed by atoms with Crippen LogP contribution < -0.4 is 14.9 Å². The van der Waals surface area contributed by atoms with Gasteiger partial charge in [0.05, 0.1) is 12.8 Å². The lowest BCUT2D eigenvalue weighted by Crippen LogP contribution is -2.22. The van der Waals surface area contributed by atoms with Gasteiger partial charge in [-0.1, -0.05) is 0 Å². The number of benzene rings is 1. The van der Waals surface area contributed by atoms with Crippen LogP contribution in [0.3, 0.4) is 0 Å². The molecule has 2 heterocycles. The maximum atomic E-state index is 12.0. The summed E-state index contributed by atoms with van der Waals surface area (Å²) in [5.74, 6) is -1.72. The maximum Gasteiger partial charge on any atom is 0.341 e. The largest absolute Gasteiger partial charge is 0.493 e. The summed E-state index contributed by atoms with van der Waals surface area (Å²) in [5, 5.41) is 17.8. The first-order chi connectivity index (χ1) is 11.9. The molecule has 0 saturated carbocycles. The SMILES string of the molecule is COc1cc2c(cc1OCC(=O)O)CCn1cc(C(=O)O)c(=O)cc1-2. The molecule has 2 N–H and O–H groups in total. The second kappa shape index (κ2) is 6.31. The number of aryl methyl sites for hydroxylation is 2. The average Bonchev–Trinajstić information content (AvgIpc) is 2.58. The van der Waals surface area contributed by atoms with E-state index in [9.17, 15) is 14.4 Å². The highest BCUT2D eigenvalue weighted by Gasteiger charge is 2.22. The minimum absolute atomic E-state index is 0.277. The zero-order chi connectivity index (χ0) is 18.1. The summed E-state index contributed by atoms with van der Waals surface area (Å²) in [4.78, 5) is 33.9. The zero-order valence-corrected chi connectivity index (χ0v) is 13.3. The second-order valence-electron chi connectivity index (χ2n) is 5.53. The van der Waals surface area contributed by atoms with Gasteiger partial charge in [-0.15, -0.1) is 0 Å². The molecule has 0 saturated heterocycles. The molecule has 1 aliphatic rings. The van der Waals surface area contributed by atoms with E-state index in [1.165, 1.54) is 19.4 Å². The van der Waals surface area contributed by atoms with Crippen LogP contribution in [-0.4, -0.2) is 40.4 Å². The first-order valence-corrected chi connectivity index (χ1v) is 7.44. The number of methoxy groups -OCH3 is 1. The van der Waals surface area contributed by atoms with E-state index in [4.69, 9.17) is 19.7 Å². The number of carboxylic acid groups (broad SMARTS) is 2. The molecular weight excluding hydrogens is 330 g/mol. The van der Waals surface area contributed by atoms with E-state index in [2.05, 4.69) is 0 Å². The van der Waals surface area contributed by atoms with Gasteiger partial charge in [0, 0.05) is 24.4 Å². The molecule has 130 valence electrons. The predicted molar refractivity (Wildman–Crippen MR) is 86.5 cm³/mol. The van der Waals surface area contributed by atoms with E-state index in [0.717, 1.165) is 11.1 Å². The van der Waals surface area contributed by atoms with Crippen LogP contribution >= 0.6 is 0 Å². The van der Waals surface area contributed by atoms with Crippen molar-refractivity contribution in [3.8, 4) is 22.8 Å². The summed E-state index contributed by atoms with van der Waals surface area (Å²) < 4.78 is 12.2. The van der Waals surface area contributed by atoms with Crippen molar-refractivity contribution >= 4 is 11.9 Å². The van der Waals surface area contributed by atoms with Crippen LogP contribution in [0.2, 0.25) is 0 Å². The van der Waals surface area contributed by atoms with E-state index in [1.54, 1.807) is 16.7 Å². The molecular formula is C17H15NO7. The van der Waals surface area contributed by atoms with Gasteiger partial charge in [0.1, 0.15) is 5.56 Å². The number of aromatic carboxylic acids is 1. The Labute approximate surface area is 141 Å². The molecule has 1 aromatic heterocycles. The van der Waals surface area contributed by atoms with E-state index in [-0.39, 0.29) is 5.56 Å². The third-order valence-corrected chi connectivity index (χ3v) is 4.00. The Bertz CT molecular complexity index is 929. The van der Waals surface area contributed by atoms with Gasteiger partial charge >= 0.3 is 11.9 Å². The molecule has 2 aromatic rings. The zero-order valence-electron chi connectivity index (χ0n) is 13.3. The van der Waals surface area contributed by atoms with Gasteiger partial charge in [-0.2, -0.15) is 0 Å². The highest BCUT2D eigenvalue weighted by atomic mass is 16.5. The van der Waals surface area contributed by atoms with E-state index < -0.39 is 24.0 Å². The standard InChI is InChI=1S/C17H15NO7/c1-24-14-5-10-9(4-15(14)25-8-16(20)21)2-3-18-7-11(17(22)23)13(19)6-12(10)18/h4-7H,2-3,8H2,1H3,(H,20,21)(H,22,23). The Morgan fingerprint density at radius 1 is 1.20 bits per heavy atom. The Kier molecular flexibility index (Phi) is 4.18. The molecule has 1 aliphatic heterocycles. The lowest BCUT2D eigenvalue weighted by Gasteiger charge is -2.24. The molecule has 8 heteroatoms. The van der Waals surface area contributed by atoms with Crippen LogP contribution in [0, 0.1) is 0 Å². The van der Waals surface area contributed by atoms with Crippen molar-refractivity contribution in [3.63, 3.8) is 0 Å². The van der Waals surface area contributed by atoms with Crippen molar-refractivity contribution < 1.29 is 29.3 Å². The van der Waals surface area contributed by atoms with Gasteiger partial charge < -0.3 is 24.3 Å². The lowest BCUT2D eigenvalue weighted by atomic mass is 9.96. The number of rotatable bonds is 5. The minimum Gasteiger partial charge on any atom is -0.493 e. The molecule has 25 heavy (non-hydrogen) atoms. The van der Waals surface area contributed by atoms with Crippen LogP contribution in [0.25, 0.3) is 11.3 Å². The van der Waals surface area contributed by atoms with Crippen molar-refractivity contribution in [1.82, 2.24) is 4.57 Å². The quantitative estimate of drug-likeness (QED) is 0.838. The number of nitrogens with zero attached hydrogens (tertiary/aromatic N) is 1. The van der Waals surface area contributed by atoms with E-state index >= 15 is 0 Å². The number of aromatic nitrogens is 1.